The molecule has 3 rings (SSSR count). The zero-order chi connectivity index (χ0) is 16.4. The number of amides is 1. The number of benzene rings is 1. The molecule has 0 spiro atoms. The quantitative estimate of drug-likeness (QED) is 0.915. The molecule has 1 aromatic heterocycles. The van der Waals surface area contributed by atoms with Gasteiger partial charge in [-0.15, -0.1) is 11.3 Å². The smallest absolute Gasteiger partial charge is 0.230 e. The Morgan fingerprint density at radius 1 is 1.30 bits per heavy atom. The fourth-order valence-corrected chi connectivity index (χ4v) is 4.43. The molecule has 3 atom stereocenters. The second-order valence-corrected chi connectivity index (χ2v) is 7.87. The highest BCUT2D eigenvalue weighted by Crippen LogP contribution is 2.35. The average Bonchev–Trinajstić information content (AvgIpc) is 3.20. The van der Waals surface area contributed by atoms with Gasteiger partial charge in [0, 0.05) is 23.9 Å². The highest BCUT2D eigenvalue weighted by Gasteiger charge is 2.37. The van der Waals surface area contributed by atoms with Gasteiger partial charge in [0.1, 0.15) is 0 Å². The fourth-order valence-electron chi connectivity index (χ4n) is 3.32. The third-order valence-corrected chi connectivity index (χ3v) is 6.09. The molecule has 5 heteroatoms. The first kappa shape index (κ1) is 16.5. The van der Waals surface area contributed by atoms with Crippen molar-refractivity contribution < 1.29 is 4.79 Å². The van der Waals surface area contributed by atoms with Crippen molar-refractivity contribution in [3.63, 3.8) is 0 Å². The Morgan fingerprint density at radius 2 is 2.04 bits per heavy atom. The molecule has 1 saturated heterocycles. The Kier molecular flexibility index (Phi) is 5.05. The SMILES string of the molecule is CC(C(=O)N1C[C@@H](CN)[C@H](c2ccccc2)C1)c1ccc(Cl)s1. The van der Waals surface area contributed by atoms with Gasteiger partial charge in [-0.05, 0) is 37.1 Å². The molecule has 2 aromatic rings. The van der Waals surface area contributed by atoms with E-state index in [9.17, 15) is 4.79 Å². The Hall–Kier alpha value is -1.36. The van der Waals surface area contributed by atoms with Crippen molar-refractivity contribution in [3.8, 4) is 0 Å². The highest BCUT2D eigenvalue weighted by atomic mass is 35.5. The third-order valence-electron chi connectivity index (χ3n) is 4.67. The molecule has 122 valence electrons. The summed E-state index contributed by atoms with van der Waals surface area (Å²) in [6.45, 7) is 4.03. The number of hydrogen-bond donors (Lipinski definition) is 1. The number of hydrogen-bond acceptors (Lipinski definition) is 3. The first-order valence-corrected chi connectivity index (χ1v) is 9.08. The van der Waals surface area contributed by atoms with Crippen LogP contribution in [0.4, 0.5) is 0 Å². The lowest BCUT2D eigenvalue weighted by molar-refractivity contribution is -0.131. The van der Waals surface area contributed by atoms with E-state index in [1.807, 2.05) is 42.2 Å². The Bertz CT molecular complexity index is 673. The van der Waals surface area contributed by atoms with Crippen LogP contribution in [0.5, 0.6) is 0 Å². The minimum Gasteiger partial charge on any atom is -0.341 e. The van der Waals surface area contributed by atoms with Gasteiger partial charge in [-0.2, -0.15) is 0 Å². The van der Waals surface area contributed by atoms with E-state index in [1.54, 1.807) is 0 Å². The summed E-state index contributed by atoms with van der Waals surface area (Å²) in [5, 5.41) is 0. The molecule has 0 bridgehead atoms. The van der Waals surface area contributed by atoms with Crippen molar-refractivity contribution in [2.75, 3.05) is 19.6 Å². The molecule has 1 amide bonds. The van der Waals surface area contributed by atoms with E-state index in [2.05, 4.69) is 12.1 Å². The van der Waals surface area contributed by atoms with Crippen LogP contribution in [0.25, 0.3) is 0 Å². The Labute approximate surface area is 146 Å². The van der Waals surface area contributed by atoms with Gasteiger partial charge in [0.05, 0.1) is 10.3 Å². The topological polar surface area (TPSA) is 46.3 Å². The van der Waals surface area contributed by atoms with Crippen LogP contribution in [0.2, 0.25) is 4.34 Å². The summed E-state index contributed by atoms with van der Waals surface area (Å²) in [7, 11) is 0. The fraction of sp³-hybridized carbons (Fsp3) is 0.389. The Morgan fingerprint density at radius 3 is 2.65 bits per heavy atom. The molecule has 2 heterocycles. The molecule has 1 unspecified atom stereocenters. The lowest BCUT2D eigenvalue weighted by Gasteiger charge is -2.20. The minimum absolute atomic E-state index is 0.152. The number of rotatable bonds is 4. The number of carbonyl (C=O) groups excluding carboxylic acids is 1. The van der Waals surface area contributed by atoms with Crippen LogP contribution < -0.4 is 5.73 Å². The molecule has 1 aromatic carbocycles. The summed E-state index contributed by atoms with van der Waals surface area (Å²) in [4.78, 5) is 15.8. The zero-order valence-electron chi connectivity index (χ0n) is 13.1. The molecular weight excluding hydrogens is 328 g/mol. The van der Waals surface area contributed by atoms with Crippen molar-refractivity contribution in [3.05, 3.63) is 57.2 Å². The number of halogens is 1. The van der Waals surface area contributed by atoms with E-state index in [-0.39, 0.29) is 11.8 Å². The van der Waals surface area contributed by atoms with Gasteiger partial charge >= 0.3 is 0 Å². The lowest BCUT2D eigenvalue weighted by Crippen LogP contribution is -2.32. The van der Waals surface area contributed by atoms with Crippen molar-refractivity contribution in [2.45, 2.75) is 18.8 Å². The van der Waals surface area contributed by atoms with Crippen molar-refractivity contribution in [1.82, 2.24) is 4.90 Å². The van der Waals surface area contributed by atoms with Crippen LogP contribution in [0, 0.1) is 5.92 Å². The number of likely N-dealkylation sites (tertiary alicyclic amines) is 1. The van der Waals surface area contributed by atoms with Crippen LogP contribution in [0.15, 0.2) is 42.5 Å². The van der Waals surface area contributed by atoms with Gasteiger partial charge in [0.25, 0.3) is 0 Å². The van der Waals surface area contributed by atoms with Gasteiger partial charge in [-0.25, -0.2) is 0 Å². The first-order chi connectivity index (χ1) is 11.1. The van der Waals surface area contributed by atoms with Gasteiger partial charge < -0.3 is 10.6 Å². The molecule has 1 aliphatic rings. The molecule has 23 heavy (non-hydrogen) atoms. The van der Waals surface area contributed by atoms with Crippen LogP contribution in [-0.4, -0.2) is 30.4 Å². The molecular formula is C18H21ClN2OS. The van der Waals surface area contributed by atoms with Crippen LogP contribution in [-0.2, 0) is 4.79 Å². The van der Waals surface area contributed by atoms with Crippen molar-refractivity contribution >= 4 is 28.8 Å². The summed E-state index contributed by atoms with van der Waals surface area (Å²) >= 11 is 7.47. The van der Waals surface area contributed by atoms with Crippen LogP contribution in [0.1, 0.15) is 29.2 Å². The molecule has 2 N–H and O–H groups in total. The summed E-state index contributed by atoms with van der Waals surface area (Å²) in [6, 6.07) is 14.2. The summed E-state index contributed by atoms with van der Waals surface area (Å²) < 4.78 is 0.725. The normalized spacial score (nSPS) is 22.3. The largest absolute Gasteiger partial charge is 0.341 e. The molecule has 0 radical (unpaired) electrons. The number of thiophene rings is 1. The summed E-state index contributed by atoms with van der Waals surface area (Å²) in [5.41, 5.74) is 7.23. The second-order valence-electron chi connectivity index (χ2n) is 6.12. The maximum Gasteiger partial charge on any atom is 0.230 e. The summed E-state index contributed by atoms with van der Waals surface area (Å²) in [5.74, 6) is 0.658. The predicted molar refractivity (Wildman–Crippen MR) is 96.1 cm³/mol. The molecule has 0 saturated carbocycles. The first-order valence-electron chi connectivity index (χ1n) is 7.89. The summed E-state index contributed by atoms with van der Waals surface area (Å²) in [6.07, 6.45) is 0. The van der Waals surface area contributed by atoms with E-state index in [0.29, 0.717) is 18.4 Å². The van der Waals surface area contributed by atoms with E-state index >= 15 is 0 Å². The van der Waals surface area contributed by atoms with Gasteiger partial charge in [-0.3, -0.25) is 4.79 Å². The maximum atomic E-state index is 12.8. The van der Waals surface area contributed by atoms with E-state index in [4.69, 9.17) is 17.3 Å². The average molecular weight is 349 g/mol. The lowest BCUT2D eigenvalue weighted by atomic mass is 9.89. The molecule has 1 aliphatic heterocycles. The molecule has 0 aliphatic carbocycles. The van der Waals surface area contributed by atoms with E-state index in [1.165, 1.54) is 16.9 Å². The third kappa shape index (κ3) is 3.44. The number of nitrogens with two attached hydrogens (primary N) is 1. The second kappa shape index (κ2) is 7.04. The van der Waals surface area contributed by atoms with Crippen LogP contribution in [0.3, 0.4) is 0 Å². The van der Waals surface area contributed by atoms with Gasteiger partial charge in [-0.1, -0.05) is 41.9 Å². The van der Waals surface area contributed by atoms with E-state index in [0.717, 1.165) is 22.3 Å². The monoisotopic (exact) mass is 348 g/mol. The maximum absolute atomic E-state index is 12.8. The van der Waals surface area contributed by atoms with Crippen molar-refractivity contribution in [2.24, 2.45) is 11.7 Å². The highest BCUT2D eigenvalue weighted by molar-refractivity contribution is 7.16. The Balaban J connectivity index is 1.75. The molecule has 1 fully saturated rings. The standard InChI is InChI=1S/C18H21ClN2OS/c1-12(16-7-8-17(19)23-16)18(22)21-10-14(9-20)15(11-21)13-5-3-2-4-6-13/h2-8,12,14-15H,9-11,20H2,1H3/t12?,14-,15+/m1/s1. The van der Waals surface area contributed by atoms with Crippen LogP contribution >= 0.6 is 22.9 Å². The van der Waals surface area contributed by atoms with E-state index < -0.39 is 0 Å². The zero-order valence-corrected chi connectivity index (χ0v) is 14.7. The van der Waals surface area contributed by atoms with Gasteiger partial charge in [0.15, 0.2) is 0 Å². The van der Waals surface area contributed by atoms with Gasteiger partial charge in [0.2, 0.25) is 5.91 Å². The number of carbonyl (C=O) groups is 1. The number of nitrogens with zero attached hydrogens (tertiary/aromatic N) is 1. The minimum atomic E-state index is -0.152. The molecule has 3 nitrogen and oxygen atoms in total. The van der Waals surface area contributed by atoms with Crippen molar-refractivity contribution in [1.29, 1.82) is 0 Å². The predicted octanol–water partition coefficient (Wildman–Crippen LogP) is 3.71.